The molecule has 0 radical (unpaired) electrons. The van der Waals surface area contributed by atoms with Crippen LogP contribution in [0.25, 0.3) is 21.7 Å². The molecule has 2 amide bonds. The maximum Gasteiger partial charge on any atom is 0.419 e. The number of hydrogen-bond acceptors (Lipinski definition) is 7. The molecule has 0 saturated carbocycles. The zero-order valence-corrected chi connectivity index (χ0v) is 30.8. The van der Waals surface area contributed by atoms with Gasteiger partial charge in [-0.1, -0.05) is 78.9 Å². The van der Waals surface area contributed by atoms with Crippen molar-refractivity contribution in [2.24, 2.45) is 4.99 Å². The summed E-state index contributed by atoms with van der Waals surface area (Å²) in [5.74, 6) is -0.931. The van der Waals surface area contributed by atoms with Gasteiger partial charge in [0.15, 0.2) is 6.04 Å². The summed E-state index contributed by atoms with van der Waals surface area (Å²) in [4.78, 5) is 46.3. The number of aliphatic imine (C=N–C) groups is 1. The van der Waals surface area contributed by atoms with Crippen molar-refractivity contribution in [3.63, 3.8) is 0 Å². The molecular weight excluding hydrogens is 656 g/mol. The molecule has 272 valence electrons. The Labute approximate surface area is 304 Å². The second-order valence-electron chi connectivity index (χ2n) is 14.9. The van der Waals surface area contributed by atoms with Gasteiger partial charge in [0.25, 0.3) is 0 Å². The van der Waals surface area contributed by atoms with Gasteiger partial charge >= 0.3 is 6.09 Å². The lowest BCUT2D eigenvalue weighted by Crippen LogP contribution is -2.52. The number of carbonyl (C=O) groups is 3. The summed E-state index contributed by atoms with van der Waals surface area (Å²) in [6.45, 7) is 13.1. The molecule has 1 aromatic heterocycles. The number of carbonyl (C=O) groups excluding carboxylic acids is 3. The zero-order chi connectivity index (χ0) is 37.6. The van der Waals surface area contributed by atoms with Crippen molar-refractivity contribution < 1.29 is 29.0 Å². The Hall–Kier alpha value is -5.48. The molecule has 5 aromatic rings. The number of benzene rings is 4. The number of rotatable bonds is 11. The van der Waals surface area contributed by atoms with Crippen LogP contribution in [0, 0.1) is 0 Å². The van der Waals surface area contributed by atoms with Gasteiger partial charge in [-0.3, -0.25) is 19.1 Å². The summed E-state index contributed by atoms with van der Waals surface area (Å²) in [6.07, 6.45) is 1.95. The highest BCUT2D eigenvalue weighted by atomic mass is 16.6. The molecular formula is C42H48N4O6. The molecule has 3 N–H and O–H groups in total. The highest BCUT2D eigenvalue weighted by Crippen LogP contribution is 2.27. The van der Waals surface area contributed by atoms with Crippen LogP contribution in [0.3, 0.4) is 0 Å². The second-order valence-corrected chi connectivity index (χ2v) is 14.9. The SMILES string of the molecule is C[C@@H](OC(C)(C)C)[C@H](N=Cc1c(O)ccc2ccccc12)C(=O)N[C@@H](Cc1cn(C(=O)OC(C)(C)C)c2ccccc12)C(=O)NCc1ccccc1. The molecule has 1 heterocycles. The number of hydrogen-bond donors (Lipinski definition) is 3. The first-order valence-electron chi connectivity index (χ1n) is 17.5. The van der Waals surface area contributed by atoms with Crippen LogP contribution in [0.2, 0.25) is 0 Å². The zero-order valence-electron chi connectivity index (χ0n) is 30.8. The highest BCUT2D eigenvalue weighted by Gasteiger charge is 2.33. The monoisotopic (exact) mass is 704 g/mol. The quantitative estimate of drug-likeness (QED) is 0.124. The van der Waals surface area contributed by atoms with Crippen molar-refractivity contribution in [1.82, 2.24) is 15.2 Å². The largest absolute Gasteiger partial charge is 0.507 e. The molecule has 10 heteroatoms. The number of nitrogens with zero attached hydrogens (tertiary/aromatic N) is 2. The fraction of sp³-hybridized carbons (Fsp3) is 0.333. The Morgan fingerprint density at radius 1 is 0.827 bits per heavy atom. The Kier molecular flexibility index (Phi) is 11.5. The summed E-state index contributed by atoms with van der Waals surface area (Å²) in [5.41, 5.74) is 1.32. The van der Waals surface area contributed by atoms with E-state index in [1.54, 1.807) is 40.0 Å². The minimum atomic E-state index is -1.09. The molecule has 0 unspecified atom stereocenters. The van der Waals surface area contributed by atoms with Crippen molar-refractivity contribution in [1.29, 1.82) is 0 Å². The van der Waals surface area contributed by atoms with E-state index >= 15 is 0 Å². The number of aromatic hydroxyl groups is 1. The smallest absolute Gasteiger partial charge is 0.419 e. The van der Waals surface area contributed by atoms with Gasteiger partial charge in [0.1, 0.15) is 17.4 Å². The Morgan fingerprint density at radius 3 is 2.17 bits per heavy atom. The summed E-state index contributed by atoms with van der Waals surface area (Å²) in [5, 5.41) is 19.2. The van der Waals surface area contributed by atoms with Crippen molar-refractivity contribution in [2.45, 2.75) is 90.8 Å². The fourth-order valence-electron chi connectivity index (χ4n) is 6.07. The molecule has 0 aliphatic rings. The molecule has 4 aromatic carbocycles. The fourth-order valence-corrected chi connectivity index (χ4v) is 6.07. The number of ether oxygens (including phenoxy) is 2. The average molecular weight is 705 g/mol. The molecule has 0 aliphatic heterocycles. The van der Waals surface area contributed by atoms with E-state index in [0.29, 0.717) is 16.6 Å². The van der Waals surface area contributed by atoms with Crippen LogP contribution in [0.4, 0.5) is 4.79 Å². The van der Waals surface area contributed by atoms with E-state index in [4.69, 9.17) is 14.5 Å². The minimum absolute atomic E-state index is 0.0190. The maximum atomic E-state index is 14.3. The number of para-hydroxylation sites is 1. The van der Waals surface area contributed by atoms with Gasteiger partial charge in [-0.25, -0.2) is 4.79 Å². The maximum absolute atomic E-state index is 14.3. The number of amides is 2. The number of phenolic OH excluding ortho intramolecular Hbond substituents is 1. The molecule has 0 spiro atoms. The lowest BCUT2D eigenvalue weighted by atomic mass is 10.0. The summed E-state index contributed by atoms with van der Waals surface area (Å²) in [6, 6.07) is 25.7. The summed E-state index contributed by atoms with van der Waals surface area (Å²) in [7, 11) is 0. The Balaban J connectivity index is 1.51. The number of phenols is 1. The van der Waals surface area contributed by atoms with E-state index in [1.807, 2.05) is 106 Å². The van der Waals surface area contributed by atoms with E-state index in [2.05, 4.69) is 10.6 Å². The third-order valence-electron chi connectivity index (χ3n) is 8.32. The predicted octanol–water partition coefficient (Wildman–Crippen LogP) is 7.32. The van der Waals surface area contributed by atoms with Crippen molar-refractivity contribution in [3.8, 4) is 5.75 Å². The standard InChI is InChI=1S/C42H48N4O6/c1-27(51-41(2,3)4)37(43-25-33-31-18-12-11-17-29(31)21-22-36(33)47)39(49)45-34(38(48)44-24-28-15-9-8-10-16-28)23-30-26-46(40(50)52-42(5,6)7)35-20-14-13-19-32(30)35/h8-22,25-27,34,37,47H,23-24H2,1-7H3,(H,44,48)(H,45,49)/t27-,34+,37+/m1/s1. The van der Waals surface area contributed by atoms with Crippen molar-refractivity contribution in [3.05, 3.63) is 114 Å². The molecule has 3 atom stereocenters. The van der Waals surface area contributed by atoms with Gasteiger partial charge in [-0.05, 0) is 82.5 Å². The Bertz CT molecular complexity index is 2070. The summed E-state index contributed by atoms with van der Waals surface area (Å²) >= 11 is 0. The van der Waals surface area contributed by atoms with E-state index < -0.39 is 47.3 Å². The van der Waals surface area contributed by atoms with Crippen LogP contribution in [0.1, 0.15) is 65.2 Å². The van der Waals surface area contributed by atoms with E-state index in [9.17, 15) is 19.5 Å². The number of nitrogens with one attached hydrogen (secondary N) is 2. The highest BCUT2D eigenvalue weighted by molar-refractivity contribution is 6.03. The first-order chi connectivity index (χ1) is 24.6. The lowest BCUT2D eigenvalue weighted by molar-refractivity contribution is -0.134. The summed E-state index contributed by atoms with van der Waals surface area (Å²) < 4.78 is 13.3. The minimum Gasteiger partial charge on any atom is -0.507 e. The van der Waals surface area contributed by atoms with Gasteiger partial charge in [0, 0.05) is 36.3 Å². The number of fused-ring (bicyclic) bond motifs is 2. The molecule has 10 nitrogen and oxygen atoms in total. The topological polar surface area (TPSA) is 131 Å². The molecule has 0 bridgehead atoms. The van der Waals surface area contributed by atoms with Crippen molar-refractivity contribution in [2.75, 3.05) is 0 Å². The lowest BCUT2D eigenvalue weighted by Gasteiger charge is -2.29. The van der Waals surface area contributed by atoms with Crippen LogP contribution in [-0.4, -0.2) is 63.2 Å². The predicted molar refractivity (Wildman–Crippen MR) is 205 cm³/mol. The third-order valence-corrected chi connectivity index (χ3v) is 8.32. The van der Waals surface area contributed by atoms with Gasteiger partial charge < -0.3 is 25.2 Å². The molecule has 52 heavy (non-hydrogen) atoms. The normalized spacial score (nSPS) is 13.9. The average Bonchev–Trinajstić information content (AvgIpc) is 3.45. The first kappa shape index (κ1) is 37.8. The van der Waals surface area contributed by atoms with Crippen LogP contribution >= 0.6 is 0 Å². The second kappa shape index (κ2) is 15.8. The van der Waals surface area contributed by atoms with E-state index in [1.165, 1.54) is 10.8 Å². The number of aromatic nitrogens is 1. The van der Waals surface area contributed by atoms with E-state index in [-0.39, 0.29) is 18.7 Å². The first-order valence-corrected chi connectivity index (χ1v) is 17.5. The Morgan fingerprint density at radius 2 is 1.48 bits per heavy atom. The van der Waals surface area contributed by atoms with Crippen LogP contribution in [0.5, 0.6) is 5.75 Å². The van der Waals surface area contributed by atoms with Crippen LogP contribution < -0.4 is 10.6 Å². The third kappa shape index (κ3) is 9.64. The van der Waals surface area contributed by atoms with Crippen molar-refractivity contribution >= 4 is 45.8 Å². The van der Waals surface area contributed by atoms with Gasteiger partial charge in [-0.15, -0.1) is 0 Å². The molecule has 0 aliphatic carbocycles. The van der Waals surface area contributed by atoms with Gasteiger partial charge in [0.2, 0.25) is 11.8 Å². The van der Waals surface area contributed by atoms with Crippen LogP contribution in [0.15, 0.2) is 102 Å². The van der Waals surface area contributed by atoms with E-state index in [0.717, 1.165) is 21.7 Å². The molecule has 0 fully saturated rings. The van der Waals surface area contributed by atoms with Gasteiger partial charge in [-0.2, -0.15) is 0 Å². The van der Waals surface area contributed by atoms with Gasteiger partial charge in [0.05, 0.1) is 17.2 Å². The molecule has 5 rings (SSSR count). The molecule has 0 saturated heterocycles. The van der Waals surface area contributed by atoms with Crippen LogP contribution in [-0.2, 0) is 32.0 Å².